The molecule has 0 aliphatic rings. The zero-order valence-corrected chi connectivity index (χ0v) is 12.3. The lowest BCUT2D eigenvalue weighted by molar-refractivity contribution is 0.0336. The van der Waals surface area contributed by atoms with Crippen molar-refractivity contribution in [3.05, 3.63) is 35.4 Å². The Balaban J connectivity index is 2.46. The van der Waals surface area contributed by atoms with Crippen LogP contribution in [0.4, 0.5) is 0 Å². The molecule has 0 fully saturated rings. The molecule has 0 radical (unpaired) electrons. The van der Waals surface area contributed by atoms with Gasteiger partial charge in [0.15, 0.2) is 5.84 Å². The van der Waals surface area contributed by atoms with Crippen LogP contribution in [0.25, 0.3) is 0 Å². The molecule has 0 aliphatic heterocycles. The van der Waals surface area contributed by atoms with E-state index in [9.17, 15) is 5.11 Å². The van der Waals surface area contributed by atoms with Gasteiger partial charge in [-0.3, -0.25) is 0 Å². The summed E-state index contributed by atoms with van der Waals surface area (Å²) in [5.74, 6) is 0.0958. The maximum Gasteiger partial charge on any atom is 0.170 e. The first-order valence-corrected chi connectivity index (χ1v) is 6.49. The first-order chi connectivity index (χ1) is 9.34. The van der Waals surface area contributed by atoms with Crippen LogP contribution in [-0.2, 0) is 6.54 Å². The molecule has 1 aromatic rings. The van der Waals surface area contributed by atoms with E-state index in [1.807, 2.05) is 38.1 Å². The number of nitrogens with two attached hydrogens (primary N) is 1. The third-order valence-electron chi connectivity index (χ3n) is 2.85. The molecule has 1 unspecified atom stereocenters. The van der Waals surface area contributed by atoms with Gasteiger partial charge in [0.2, 0.25) is 0 Å². The molecule has 0 spiro atoms. The summed E-state index contributed by atoms with van der Waals surface area (Å²) >= 11 is 0. The topological polar surface area (TPSA) is 94.1 Å². The standard InChI is InChI=1S/C14H24N4O2/c1-14(19,10-18(2)3)9-16-8-11-4-6-12(7-5-11)13(15)17-20/h4-7,16,19-20H,8-10H2,1-3H3,(H2,15,17). The van der Waals surface area contributed by atoms with E-state index in [0.717, 1.165) is 5.56 Å². The van der Waals surface area contributed by atoms with Gasteiger partial charge in [-0.1, -0.05) is 29.4 Å². The van der Waals surface area contributed by atoms with Crippen LogP contribution in [0.15, 0.2) is 29.4 Å². The van der Waals surface area contributed by atoms with Crippen LogP contribution in [0.2, 0.25) is 0 Å². The van der Waals surface area contributed by atoms with E-state index >= 15 is 0 Å². The number of rotatable bonds is 7. The van der Waals surface area contributed by atoms with Crippen molar-refractivity contribution in [3.8, 4) is 0 Å². The molecule has 20 heavy (non-hydrogen) atoms. The van der Waals surface area contributed by atoms with E-state index in [1.165, 1.54) is 0 Å². The van der Waals surface area contributed by atoms with Crippen molar-refractivity contribution in [3.63, 3.8) is 0 Å². The summed E-state index contributed by atoms with van der Waals surface area (Å²) in [6.45, 7) is 3.57. The second kappa shape index (κ2) is 7.23. The molecule has 0 aromatic heterocycles. The van der Waals surface area contributed by atoms with Crippen LogP contribution in [0.5, 0.6) is 0 Å². The van der Waals surface area contributed by atoms with Crippen LogP contribution < -0.4 is 11.1 Å². The van der Waals surface area contributed by atoms with Gasteiger partial charge in [-0.05, 0) is 26.6 Å². The normalized spacial score (nSPS) is 15.3. The van der Waals surface area contributed by atoms with Crippen molar-refractivity contribution in [1.82, 2.24) is 10.2 Å². The maximum atomic E-state index is 10.1. The summed E-state index contributed by atoms with van der Waals surface area (Å²) in [7, 11) is 3.86. The molecule has 1 aromatic carbocycles. The predicted molar refractivity (Wildman–Crippen MR) is 79.8 cm³/mol. The molecule has 0 bridgehead atoms. The van der Waals surface area contributed by atoms with E-state index in [-0.39, 0.29) is 5.84 Å². The van der Waals surface area contributed by atoms with Crippen molar-refractivity contribution in [2.75, 3.05) is 27.2 Å². The number of nitrogens with zero attached hydrogens (tertiary/aromatic N) is 2. The molecule has 0 aliphatic carbocycles. The molecular weight excluding hydrogens is 256 g/mol. The third kappa shape index (κ3) is 5.56. The van der Waals surface area contributed by atoms with E-state index in [0.29, 0.717) is 25.2 Å². The molecule has 1 atom stereocenters. The van der Waals surface area contributed by atoms with Gasteiger partial charge in [0.05, 0.1) is 5.60 Å². The summed E-state index contributed by atoms with van der Waals surface area (Å²) in [5, 5.41) is 24.9. The van der Waals surface area contributed by atoms with Gasteiger partial charge in [-0.15, -0.1) is 0 Å². The molecule has 1 rings (SSSR count). The minimum atomic E-state index is -0.766. The van der Waals surface area contributed by atoms with Gasteiger partial charge in [0.1, 0.15) is 0 Å². The number of likely N-dealkylation sites (N-methyl/N-ethyl adjacent to an activating group) is 1. The quantitative estimate of drug-likeness (QED) is 0.247. The zero-order valence-electron chi connectivity index (χ0n) is 12.3. The Morgan fingerprint density at radius 3 is 2.45 bits per heavy atom. The number of hydrogen-bond donors (Lipinski definition) is 4. The molecule has 0 amide bonds. The Bertz CT molecular complexity index is 441. The highest BCUT2D eigenvalue weighted by Crippen LogP contribution is 2.06. The average molecular weight is 280 g/mol. The van der Waals surface area contributed by atoms with E-state index < -0.39 is 5.60 Å². The Morgan fingerprint density at radius 2 is 1.95 bits per heavy atom. The number of amidine groups is 1. The highest BCUT2D eigenvalue weighted by Gasteiger charge is 2.20. The molecular formula is C14H24N4O2. The predicted octanol–water partition coefficient (Wildman–Crippen LogP) is 0.183. The zero-order chi connectivity index (χ0) is 15.2. The number of nitrogens with one attached hydrogen (secondary N) is 1. The van der Waals surface area contributed by atoms with Crippen molar-refractivity contribution in [1.29, 1.82) is 0 Å². The fourth-order valence-corrected chi connectivity index (χ4v) is 2.06. The summed E-state index contributed by atoms with van der Waals surface area (Å²) in [5.41, 5.74) is 6.47. The Hall–Kier alpha value is -1.63. The van der Waals surface area contributed by atoms with Gasteiger partial charge in [-0.25, -0.2) is 0 Å². The highest BCUT2D eigenvalue weighted by atomic mass is 16.4. The van der Waals surface area contributed by atoms with Crippen LogP contribution in [0.3, 0.4) is 0 Å². The number of oxime groups is 1. The fraction of sp³-hybridized carbons (Fsp3) is 0.500. The Morgan fingerprint density at radius 1 is 1.35 bits per heavy atom. The van der Waals surface area contributed by atoms with E-state index in [2.05, 4.69) is 10.5 Å². The first kappa shape index (κ1) is 16.4. The molecule has 0 saturated carbocycles. The molecule has 0 saturated heterocycles. The minimum Gasteiger partial charge on any atom is -0.409 e. The Labute approximate surface area is 119 Å². The maximum absolute atomic E-state index is 10.1. The fourth-order valence-electron chi connectivity index (χ4n) is 2.06. The largest absolute Gasteiger partial charge is 0.409 e. The van der Waals surface area contributed by atoms with Crippen LogP contribution in [0.1, 0.15) is 18.1 Å². The van der Waals surface area contributed by atoms with Crippen molar-refractivity contribution < 1.29 is 10.3 Å². The summed E-state index contributed by atoms with van der Waals surface area (Å²) in [4.78, 5) is 1.95. The third-order valence-corrected chi connectivity index (χ3v) is 2.85. The van der Waals surface area contributed by atoms with Crippen LogP contribution >= 0.6 is 0 Å². The van der Waals surface area contributed by atoms with Gasteiger partial charge < -0.3 is 26.3 Å². The molecule has 5 N–H and O–H groups in total. The number of aliphatic hydroxyl groups is 1. The Kier molecular flexibility index (Phi) is 5.94. The number of benzene rings is 1. The van der Waals surface area contributed by atoms with Crippen molar-refractivity contribution in [2.45, 2.75) is 19.1 Å². The monoisotopic (exact) mass is 280 g/mol. The average Bonchev–Trinajstić information content (AvgIpc) is 2.37. The lowest BCUT2D eigenvalue weighted by atomic mass is 10.1. The molecule has 6 heteroatoms. The lowest BCUT2D eigenvalue weighted by Gasteiger charge is -2.27. The van der Waals surface area contributed by atoms with Gasteiger partial charge in [0, 0.05) is 25.2 Å². The molecule has 112 valence electrons. The van der Waals surface area contributed by atoms with E-state index in [1.54, 1.807) is 12.1 Å². The second-order valence-electron chi connectivity index (χ2n) is 5.52. The van der Waals surface area contributed by atoms with Crippen LogP contribution in [-0.4, -0.2) is 53.8 Å². The van der Waals surface area contributed by atoms with Gasteiger partial charge >= 0.3 is 0 Å². The minimum absolute atomic E-state index is 0.0958. The van der Waals surface area contributed by atoms with Crippen molar-refractivity contribution in [2.24, 2.45) is 10.9 Å². The summed E-state index contributed by atoms with van der Waals surface area (Å²) in [6.07, 6.45) is 0. The first-order valence-electron chi connectivity index (χ1n) is 6.49. The van der Waals surface area contributed by atoms with Gasteiger partial charge in [0.25, 0.3) is 0 Å². The van der Waals surface area contributed by atoms with Crippen molar-refractivity contribution >= 4 is 5.84 Å². The highest BCUT2D eigenvalue weighted by molar-refractivity contribution is 5.96. The van der Waals surface area contributed by atoms with Crippen LogP contribution in [0, 0.1) is 0 Å². The lowest BCUT2D eigenvalue weighted by Crippen LogP contribution is -2.45. The van der Waals surface area contributed by atoms with E-state index in [4.69, 9.17) is 10.9 Å². The molecule has 0 heterocycles. The smallest absolute Gasteiger partial charge is 0.170 e. The summed E-state index contributed by atoms with van der Waals surface area (Å²) < 4.78 is 0. The SMILES string of the molecule is CN(C)CC(C)(O)CNCc1ccc(/C(N)=N/O)cc1. The summed E-state index contributed by atoms with van der Waals surface area (Å²) in [6, 6.07) is 7.40. The van der Waals surface area contributed by atoms with Gasteiger partial charge in [-0.2, -0.15) is 0 Å². The molecule has 6 nitrogen and oxygen atoms in total. The second-order valence-corrected chi connectivity index (χ2v) is 5.52. The number of hydrogen-bond acceptors (Lipinski definition) is 5.